The van der Waals surface area contributed by atoms with Gasteiger partial charge in [0.1, 0.15) is 11.3 Å². The molecule has 1 heterocycles. The van der Waals surface area contributed by atoms with E-state index in [9.17, 15) is 9.59 Å². The lowest BCUT2D eigenvalue weighted by Crippen LogP contribution is -2.24. The highest BCUT2D eigenvalue weighted by molar-refractivity contribution is 7.10. The fraction of sp³-hybridized carbons (Fsp3) is 0.200. The van der Waals surface area contributed by atoms with Crippen molar-refractivity contribution in [2.45, 2.75) is 13.0 Å². The van der Waals surface area contributed by atoms with Gasteiger partial charge in [-0.15, -0.1) is 11.3 Å². The Balaban J connectivity index is 1.98. The number of carboxylic acid groups (broad SMARTS) is 1. The number of carbonyl (C=O) groups is 2. The first-order chi connectivity index (χ1) is 10.1. The number of amides is 1. The minimum Gasteiger partial charge on any atom is -0.496 e. The number of benzene rings is 1. The van der Waals surface area contributed by atoms with E-state index in [-0.39, 0.29) is 18.0 Å². The van der Waals surface area contributed by atoms with Crippen LogP contribution in [0.1, 0.15) is 20.8 Å². The summed E-state index contributed by atoms with van der Waals surface area (Å²) >= 11 is 1.53. The van der Waals surface area contributed by atoms with Gasteiger partial charge in [-0.2, -0.15) is 0 Å². The number of carbonyl (C=O) groups excluding carboxylic acids is 1. The van der Waals surface area contributed by atoms with Crippen molar-refractivity contribution in [3.8, 4) is 5.75 Å². The van der Waals surface area contributed by atoms with Gasteiger partial charge in [-0.05, 0) is 29.1 Å². The largest absolute Gasteiger partial charge is 0.496 e. The summed E-state index contributed by atoms with van der Waals surface area (Å²) in [6.07, 6.45) is 0.333. The highest BCUT2D eigenvalue weighted by atomic mass is 32.1. The number of ether oxygens (including phenoxy) is 1. The summed E-state index contributed by atoms with van der Waals surface area (Å²) in [4.78, 5) is 23.9. The van der Waals surface area contributed by atoms with Crippen LogP contribution in [-0.2, 0) is 17.8 Å². The molecule has 0 aliphatic rings. The lowest BCUT2D eigenvalue weighted by atomic mass is 10.1. The van der Waals surface area contributed by atoms with Crippen molar-refractivity contribution in [3.05, 3.63) is 51.7 Å². The van der Waals surface area contributed by atoms with E-state index in [1.165, 1.54) is 24.5 Å². The first-order valence-electron chi connectivity index (χ1n) is 6.29. The summed E-state index contributed by atoms with van der Waals surface area (Å²) in [5, 5.41) is 13.8. The van der Waals surface area contributed by atoms with Gasteiger partial charge in [-0.25, -0.2) is 4.79 Å². The Kier molecular flexibility index (Phi) is 4.94. The molecule has 1 aromatic carbocycles. The van der Waals surface area contributed by atoms with Crippen molar-refractivity contribution in [3.63, 3.8) is 0 Å². The second-order valence-corrected chi connectivity index (χ2v) is 5.40. The molecule has 0 radical (unpaired) electrons. The molecular formula is C15H15NO4S. The number of thiophene rings is 1. The third kappa shape index (κ3) is 4.06. The quantitative estimate of drug-likeness (QED) is 0.858. The summed E-state index contributed by atoms with van der Waals surface area (Å²) in [5.74, 6) is -0.847. The predicted octanol–water partition coefficient (Wildman–Crippen LogP) is 2.31. The highest BCUT2D eigenvalue weighted by Crippen LogP contribution is 2.19. The zero-order chi connectivity index (χ0) is 15.2. The number of rotatable bonds is 6. The van der Waals surface area contributed by atoms with Crippen LogP contribution in [0, 0.1) is 0 Å². The fourth-order valence-electron chi connectivity index (χ4n) is 1.87. The molecule has 0 aliphatic heterocycles. The topological polar surface area (TPSA) is 75.6 Å². The van der Waals surface area contributed by atoms with Gasteiger partial charge in [0.15, 0.2) is 0 Å². The van der Waals surface area contributed by atoms with Crippen molar-refractivity contribution in [1.29, 1.82) is 0 Å². The number of aromatic carboxylic acids is 1. The third-order valence-corrected chi connectivity index (χ3v) is 3.78. The number of hydrogen-bond donors (Lipinski definition) is 2. The Morgan fingerprint density at radius 2 is 2.14 bits per heavy atom. The van der Waals surface area contributed by atoms with Crippen LogP contribution < -0.4 is 10.1 Å². The Bertz CT molecular complexity index is 637. The summed E-state index contributed by atoms with van der Waals surface area (Å²) < 4.78 is 4.99. The molecule has 6 heteroatoms. The lowest BCUT2D eigenvalue weighted by molar-refractivity contribution is -0.120. The van der Waals surface area contributed by atoms with E-state index in [1.54, 1.807) is 12.1 Å². The monoisotopic (exact) mass is 305 g/mol. The van der Waals surface area contributed by atoms with Crippen molar-refractivity contribution < 1.29 is 19.4 Å². The van der Waals surface area contributed by atoms with Crippen molar-refractivity contribution in [1.82, 2.24) is 5.32 Å². The van der Waals surface area contributed by atoms with Crippen molar-refractivity contribution in [2.75, 3.05) is 7.11 Å². The second-order valence-electron chi connectivity index (χ2n) is 4.37. The molecule has 1 amide bonds. The summed E-state index contributed by atoms with van der Waals surface area (Å²) in [5.41, 5.74) is 0.801. The van der Waals surface area contributed by atoms with Gasteiger partial charge in [0.2, 0.25) is 5.91 Å². The Labute approximate surface area is 126 Å². The molecule has 2 aromatic rings. The van der Waals surface area contributed by atoms with Gasteiger partial charge in [-0.1, -0.05) is 12.1 Å². The summed E-state index contributed by atoms with van der Waals surface area (Å²) in [6.45, 7) is 0.286. The SMILES string of the molecule is COc1ccc(CNC(=O)Cc2cccs2)cc1C(=O)O. The van der Waals surface area contributed by atoms with E-state index < -0.39 is 5.97 Å². The van der Waals surface area contributed by atoms with Crippen LogP contribution in [0.5, 0.6) is 5.75 Å². The number of methoxy groups -OCH3 is 1. The molecule has 0 atom stereocenters. The summed E-state index contributed by atoms with van der Waals surface area (Å²) in [7, 11) is 1.42. The zero-order valence-electron chi connectivity index (χ0n) is 11.5. The van der Waals surface area contributed by atoms with E-state index >= 15 is 0 Å². The van der Waals surface area contributed by atoms with Gasteiger partial charge in [0.05, 0.1) is 13.5 Å². The van der Waals surface area contributed by atoms with E-state index in [2.05, 4.69) is 5.32 Å². The number of nitrogens with one attached hydrogen (secondary N) is 1. The van der Waals surface area contributed by atoms with Gasteiger partial charge in [0, 0.05) is 11.4 Å². The smallest absolute Gasteiger partial charge is 0.339 e. The molecule has 0 saturated carbocycles. The third-order valence-electron chi connectivity index (χ3n) is 2.90. The fourth-order valence-corrected chi connectivity index (χ4v) is 2.57. The highest BCUT2D eigenvalue weighted by Gasteiger charge is 2.12. The molecule has 0 saturated heterocycles. The van der Waals surface area contributed by atoms with E-state index in [1.807, 2.05) is 17.5 Å². The van der Waals surface area contributed by atoms with Crippen LogP contribution in [-0.4, -0.2) is 24.1 Å². The maximum atomic E-state index is 11.8. The second kappa shape index (κ2) is 6.90. The lowest BCUT2D eigenvalue weighted by Gasteiger charge is -2.08. The molecule has 1 aromatic heterocycles. The molecule has 5 nitrogen and oxygen atoms in total. The Morgan fingerprint density at radius 3 is 2.76 bits per heavy atom. The maximum absolute atomic E-state index is 11.8. The molecule has 0 fully saturated rings. The summed E-state index contributed by atoms with van der Waals surface area (Å²) in [6, 6.07) is 8.63. The van der Waals surface area contributed by atoms with Crippen LogP contribution in [0.3, 0.4) is 0 Å². The minimum absolute atomic E-state index is 0.0857. The normalized spacial score (nSPS) is 10.1. The molecule has 21 heavy (non-hydrogen) atoms. The van der Waals surface area contributed by atoms with Gasteiger partial charge < -0.3 is 15.2 Å². The number of carboxylic acids is 1. The molecule has 0 unspecified atom stereocenters. The van der Waals surface area contributed by atoms with E-state index in [0.29, 0.717) is 17.7 Å². The minimum atomic E-state index is -1.06. The molecule has 0 bridgehead atoms. The van der Waals surface area contributed by atoms with Crippen LogP contribution in [0.15, 0.2) is 35.7 Å². The van der Waals surface area contributed by atoms with E-state index in [4.69, 9.17) is 9.84 Å². The Morgan fingerprint density at radius 1 is 1.33 bits per heavy atom. The van der Waals surface area contributed by atoms with Crippen molar-refractivity contribution in [2.24, 2.45) is 0 Å². The number of hydrogen-bond acceptors (Lipinski definition) is 4. The molecular weight excluding hydrogens is 290 g/mol. The van der Waals surface area contributed by atoms with Crippen LogP contribution in [0.4, 0.5) is 0 Å². The molecule has 0 aliphatic carbocycles. The standard InChI is InChI=1S/C15H15NO4S/c1-20-13-5-4-10(7-12(13)15(18)19)9-16-14(17)8-11-3-2-6-21-11/h2-7H,8-9H2,1H3,(H,16,17)(H,18,19). The molecule has 0 spiro atoms. The first kappa shape index (κ1) is 15.1. The van der Waals surface area contributed by atoms with Crippen LogP contribution >= 0.6 is 11.3 Å². The van der Waals surface area contributed by atoms with Gasteiger partial charge >= 0.3 is 5.97 Å². The van der Waals surface area contributed by atoms with E-state index in [0.717, 1.165) is 4.88 Å². The van der Waals surface area contributed by atoms with Gasteiger partial charge in [0.25, 0.3) is 0 Å². The molecule has 110 valence electrons. The Hall–Kier alpha value is -2.34. The predicted molar refractivity (Wildman–Crippen MR) is 79.8 cm³/mol. The first-order valence-corrected chi connectivity index (χ1v) is 7.17. The average molecular weight is 305 g/mol. The average Bonchev–Trinajstić information content (AvgIpc) is 2.97. The van der Waals surface area contributed by atoms with Gasteiger partial charge in [-0.3, -0.25) is 4.79 Å². The van der Waals surface area contributed by atoms with Crippen molar-refractivity contribution >= 4 is 23.2 Å². The molecule has 2 rings (SSSR count). The zero-order valence-corrected chi connectivity index (χ0v) is 12.3. The molecule has 2 N–H and O–H groups in total. The maximum Gasteiger partial charge on any atom is 0.339 e. The van der Waals surface area contributed by atoms with Crippen LogP contribution in [0.2, 0.25) is 0 Å². The van der Waals surface area contributed by atoms with Crippen LogP contribution in [0.25, 0.3) is 0 Å².